The average Bonchev–Trinajstić information content (AvgIpc) is 3.53. The quantitative estimate of drug-likeness (QED) is 0.175. The van der Waals surface area contributed by atoms with Crippen molar-refractivity contribution in [2.75, 3.05) is 13.2 Å². The Morgan fingerprint density at radius 2 is 1.76 bits per heavy atom. The molecule has 3 heterocycles. The Labute approximate surface area is 260 Å². The lowest BCUT2D eigenvalue weighted by atomic mass is 9.87. The Kier molecular flexibility index (Phi) is 8.00. The van der Waals surface area contributed by atoms with E-state index < -0.39 is 34.7 Å². The molecule has 5 aromatic rings. The smallest absolute Gasteiger partial charge is 0.335 e. The lowest BCUT2D eigenvalue weighted by Gasteiger charge is -2.28. The summed E-state index contributed by atoms with van der Waals surface area (Å²) >= 11 is 5.89. The van der Waals surface area contributed by atoms with Crippen molar-refractivity contribution >= 4 is 28.6 Å². The highest BCUT2D eigenvalue weighted by Gasteiger charge is 2.39. The van der Waals surface area contributed by atoms with Crippen LogP contribution in [0.25, 0.3) is 22.3 Å². The van der Waals surface area contributed by atoms with E-state index in [1.807, 2.05) is 13.8 Å². The van der Waals surface area contributed by atoms with Crippen molar-refractivity contribution < 1.29 is 36.9 Å². The molecule has 1 aliphatic rings. The topological polar surface area (TPSA) is 86.5 Å². The molecule has 1 aliphatic heterocycles. The molecule has 0 aliphatic carbocycles. The summed E-state index contributed by atoms with van der Waals surface area (Å²) in [5.74, 6) is -4.75. The maximum atomic E-state index is 15.6. The number of rotatable bonds is 8. The van der Waals surface area contributed by atoms with E-state index in [9.17, 15) is 14.3 Å². The predicted molar refractivity (Wildman–Crippen MR) is 158 cm³/mol. The summed E-state index contributed by atoms with van der Waals surface area (Å²) in [7, 11) is 0. The number of ether oxygens (including phenoxy) is 2. The molecule has 0 bridgehead atoms. The van der Waals surface area contributed by atoms with E-state index in [-0.39, 0.29) is 70.8 Å². The van der Waals surface area contributed by atoms with Crippen LogP contribution in [-0.4, -0.2) is 38.8 Å². The van der Waals surface area contributed by atoms with Gasteiger partial charge in [0.2, 0.25) is 0 Å². The number of carboxylic acid groups (broad SMARTS) is 1. The number of aromatic carboxylic acids is 1. The monoisotopic (exact) mass is 639 g/mol. The first-order valence-electron chi connectivity index (χ1n) is 13.9. The van der Waals surface area contributed by atoms with Crippen molar-refractivity contribution in [3.05, 3.63) is 111 Å². The molecule has 1 fully saturated rings. The molecule has 0 saturated carbocycles. The third kappa shape index (κ3) is 5.97. The molecule has 0 radical (unpaired) electrons. The number of benzene rings is 3. The van der Waals surface area contributed by atoms with Gasteiger partial charge in [-0.2, -0.15) is 0 Å². The fourth-order valence-corrected chi connectivity index (χ4v) is 5.60. The standard InChI is InChI=1S/C33H26ClF4N3O4/c1-33(2)16-44-15-28(33)41-27-11-19(32(42)43)10-25(38)30(27)40-29(41)12-18-9-24(37)21(13-23(18)36)26-8-7-22(35)31(39-26)45-14-17-3-5-20(34)6-4-17/h3-11,13,28H,12,14-16H2,1-2H3,(H,42,43)/t28-/m1/s1. The molecule has 0 spiro atoms. The highest BCUT2D eigenvalue weighted by molar-refractivity contribution is 6.30. The minimum atomic E-state index is -1.32. The summed E-state index contributed by atoms with van der Waals surface area (Å²) < 4.78 is 73.6. The first kappa shape index (κ1) is 30.5. The van der Waals surface area contributed by atoms with E-state index in [2.05, 4.69) is 9.97 Å². The van der Waals surface area contributed by atoms with Crippen LogP contribution in [0.3, 0.4) is 0 Å². The number of hydrogen-bond donors (Lipinski definition) is 1. The summed E-state index contributed by atoms with van der Waals surface area (Å²) in [6, 6.07) is 12.7. The second kappa shape index (κ2) is 11.8. The second-order valence-electron chi connectivity index (χ2n) is 11.5. The van der Waals surface area contributed by atoms with E-state index in [1.165, 1.54) is 12.1 Å². The number of carbonyl (C=O) groups is 1. The van der Waals surface area contributed by atoms with E-state index in [4.69, 9.17) is 21.1 Å². The molecule has 1 N–H and O–H groups in total. The van der Waals surface area contributed by atoms with E-state index in [1.54, 1.807) is 28.8 Å². The third-order valence-corrected chi connectivity index (χ3v) is 8.15. The SMILES string of the molecule is CC1(C)COC[C@H]1n1c(Cc2cc(F)c(-c3ccc(F)c(OCc4ccc(Cl)cc4)n3)cc2F)nc2c(F)cc(C(=O)O)cc21. The van der Waals surface area contributed by atoms with Gasteiger partial charge in [-0.15, -0.1) is 0 Å². The number of nitrogens with zero attached hydrogens (tertiary/aromatic N) is 3. The van der Waals surface area contributed by atoms with Gasteiger partial charge in [0, 0.05) is 22.4 Å². The molecule has 3 aromatic carbocycles. The maximum absolute atomic E-state index is 15.6. The Morgan fingerprint density at radius 1 is 1.00 bits per heavy atom. The van der Waals surface area contributed by atoms with Crippen LogP contribution >= 0.6 is 11.6 Å². The molecule has 2 aromatic heterocycles. The summed E-state index contributed by atoms with van der Waals surface area (Å²) in [5.41, 5.74) is -0.242. The molecule has 232 valence electrons. The van der Waals surface area contributed by atoms with Crippen LogP contribution in [-0.2, 0) is 17.8 Å². The van der Waals surface area contributed by atoms with Crippen molar-refractivity contribution in [2.45, 2.75) is 32.9 Å². The van der Waals surface area contributed by atoms with Gasteiger partial charge in [-0.05, 0) is 59.7 Å². The van der Waals surface area contributed by atoms with Gasteiger partial charge in [0.25, 0.3) is 5.88 Å². The zero-order valence-corrected chi connectivity index (χ0v) is 24.8. The average molecular weight is 640 g/mol. The van der Waals surface area contributed by atoms with Gasteiger partial charge in [0.1, 0.15) is 29.6 Å². The van der Waals surface area contributed by atoms with Gasteiger partial charge >= 0.3 is 5.97 Å². The van der Waals surface area contributed by atoms with Gasteiger partial charge in [-0.25, -0.2) is 32.3 Å². The number of hydrogen-bond acceptors (Lipinski definition) is 5. The second-order valence-corrected chi connectivity index (χ2v) is 12.0. The third-order valence-electron chi connectivity index (χ3n) is 7.90. The van der Waals surface area contributed by atoms with Crippen LogP contribution in [0.1, 0.15) is 47.2 Å². The molecule has 1 atom stereocenters. The van der Waals surface area contributed by atoms with Gasteiger partial charge < -0.3 is 19.1 Å². The number of fused-ring (bicyclic) bond motifs is 1. The number of pyridine rings is 1. The van der Waals surface area contributed by atoms with E-state index in [0.717, 1.165) is 24.3 Å². The molecule has 0 amide bonds. The Morgan fingerprint density at radius 3 is 2.44 bits per heavy atom. The lowest BCUT2D eigenvalue weighted by molar-refractivity contribution is 0.0696. The normalized spacial score (nSPS) is 15.9. The largest absolute Gasteiger partial charge is 0.478 e. The number of carboxylic acids is 1. The summed E-state index contributed by atoms with van der Waals surface area (Å²) in [5, 5.41) is 10.1. The molecule has 12 heteroatoms. The first-order valence-corrected chi connectivity index (χ1v) is 14.3. The minimum absolute atomic E-state index is 0.0291. The zero-order valence-electron chi connectivity index (χ0n) is 24.1. The van der Waals surface area contributed by atoms with Crippen molar-refractivity contribution in [2.24, 2.45) is 5.41 Å². The molecular formula is C33H26ClF4N3O4. The Hall–Kier alpha value is -4.48. The van der Waals surface area contributed by atoms with Gasteiger partial charge in [-0.1, -0.05) is 37.6 Å². The van der Waals surface area contributed by atoms with Crippen molar-refractivity contribution in [3.63, 3.8) is 0 Å². The van der Waals surface area contributed by atoms with Crippen LogP contribution in [0.15, 0.2) is 60.7 Å². The maximum Gasteiger partial charge on any atom is 0.335 e. The van der Waals surface area contributed by atoms with Gasteiger partial charge in [0.15, 0.2) is 11.6 Å². The van der Waals surface area contributed by atoms with Crippen LogP contribution in [0, 0.1) is 28.7 Å². The van der Waals surface area contributed by atoms with Gasteiger partial charge in [-0.3, -0.25) is 0 Å². The van der Waals surface area contributed by atoms with Crippen LogP contribution in [0.5, 0.6) is 5.88 Å². The fraction of sp³-hybridized carbons (Fsp3) is 0.242. The molecule has 7 nitrogen and oxygen atoms in total. The van der Waals surface area contributed by atoms with Crippen molar-refractivity contribution in [1.82, 2.24) is 14.5 Å². The summed E-state index contributed by atoms with van der Waals surface area (Å²) in [4.78, 5) is 20.2. The molecule has 0 unspecified atom stereocenters. The molecular weight excluding hydrogens is 614 g/mol. The Bertz CT molecular complexity index is 1950. The predicted octanol–water partition coefficient (Wildman–Crippen LogP) is 7.77. The van der Waals surface area contributed by atoms with Crippen molar-refractivity contribution in [3.8, 4) is 17.1 Å². The van der Waals surface area contributed by atoms with Gasteiger partial charge in [0.05, 0.1) is 36.0 Å². The fourth-order valence-electron chi connectivity index (χ4n) is 5.47. The Balaban J connectivity index is 1.35. The van der Waals surface area contributed by atoms with E-state index in [0.29, 0.717) is 17.2 Å². The molecule has 6 rings (SSSR count). The number of aromatic nitrogens is 3. The number of halogens is 5. The highest BCUT2D eigenvalue weighted by atomic mass is 35.5. The first-order chi connectivity index (χ1) is 21.4. The van der Waals surface area contributed by atoms with Crippen molar-refractivity contribution in [1.29, 1.82) is 0 Å². The molecule has 45 heavy (non-hydrogen) atoms. The van der Waals surface area contributed by atoms with Crippen LogP contribution in [0.4, 0.5) is 17.6 Å². The lowest BCUT2D eigenvalue weighted by Crippen LogP contribution is -2.27. The highest BCUT2D eigenvalue weighted by Crippen LogP contribution is 2.41. The van der Waals surface area contributed by atoms with E-state index >= 15 is 13.2 Å². The molecule has 1 saturated heterocycles. The number of imidazole rings is 1. The van der Waals surface area contributed by atoms with Crippen LogP contribution in [0.2, 0.25) is 5.02 Å². The zero-order chi connectivity index (χ0) is 32.0. The van der Waals surface area contributed by atoms with Crippen LogP contribution < -0.4 is 4.74 Å². The minimum Gasteiger partial charge on any atom is -0.478 e. The summed E-state index contributed by atoms with van der Waals surface area (Å²) in [6.45, 7) is 4.47. The summed E-state index contributed by atoms with van der Waals surface area (Å²) in [6.07, 6.45) is -0.238.